The van der Waals surface area contributed by atoms with Gasteiger partial charge in [-0.1, -0.05) is 43.9 Å². The Morgan fingerprint density at radius 2 is 1.61 bits per heavy atom. The van der Waals surface area contributed by atoms with E-state index in [-0.39, 0.29) is 41.4 Å². The molecular formula is C38H43F4N5O3Si. The molecule has 8 nitrogen and oxygen atoms in total. The first kappa shape index (κ1) is 37.5. The van der Waals surface area contributed by atoms with Crippen molar-refractivity contribution in [3.05, 3.63) is 102 Å². The Labute approximate surface area is 296 Å². The van der Waals surface area contributed by atoms with Gasteiger partial charge in [0, 0.05) is 62.3 Å². The lowest BCUT2D eigenvalue weighted by molar-refractivity contribution is -0.138. The quantitative estimate of drug-likeness (QED) is 0.126. The van der Waals surface area contributed by atoms with E-state index in [9.17, 15) is 22.8 Å². The number of likely N-dealkylation sites (N-methyl/N-ethyl adjacent to an activating group) is 1. The van der Waals surface area contributed by atoms with Crippen molar-refractivity contribution < 1.29 is 31.9 Å². The fourth-order valence-corrected chi connectivity index (χ4v) is 6.59. The third kappa shape index (κ3) is 9.33. The number of aromatic nitrogens is 1. The number of halogens is 4. The molecule has 2 amide bonds. The number of piperazine rings is 1. The molecule has 51 heavy (non-hydrogen) atoms. The van der Waals surface area contributed by atoms with Crippen molar-refractivity contribution in [3.8, 4) is 17.0 Å². The van der Waals surface area contributed by atoms with Crippen molar-refractivity contribution in [2.45, 2.75) is 57.8 Å². The first-order valence-corrected chi connectivity index (χ1v) is 20.5. The van der Waals surface area contributed by atoms with Crippen LogP contribution in [0.3, 0.4) is 0 Å². The van der Waals surface area contributed by atoms with Crippen LogP contribution in [0.2, 0.25) is 25.7 Å². The van der Waals surface area contributed by atoms with Crippen LogP contribution < -0.4 is 20.3 Å². The van der Waals surface area contributed by atoms with E-state index in [1.807, 2.05) is 18.0 Å². The number of hydrogen-bond acceptors (Lipinski definition) is 6. The Morgan fingerprint density at radius 3 is 2.25 bits per heavy atom. The van der Waals surface area contributed by atoms with Crippen molar-refractivity contribution in [3.63, 3.8) is 0 Å². The summed E-state index contributed by atoms with van der Waals surface area (Å²) in [4.78, 5) is 35.1. The van der Waals surface area contributed by atoms with Gasteiger partial charge in [-0.25, -0.2) is 9.37 Å². The highest BCUT2D eigenvalue weighted by molar-refractivity contribution is 6.76. The molecule has 0 bridgehead atoms. The number of benzene rings is 3. The summed E-state index contributed by atoms with van der Waals surface area (Å²) in [6.45, 7) is 11.9. The molecule has 1 aliphatic heterocycles. The van der Waals surface area contributed by atoms with Crippen LogP contribution in [0.5, 0.6) is 5.88 Å². The molecule has 3 aromatic carbocycles. The fraction of sp³-hybridized carbons (Fsp3) is 0.342. The first-order valence-electron chi connectivity index (χ1n) is 16.8. The molecule has 1 saturated heterocycles. The minimum absolute atomic E-state index is 0.0790. The molecule has 5 rings (SSSR count). The molecule has 0 radical (unpaired) electrons. The zero-order chi connectivity index (χ0) is 37.1. The number of nitrogens with zero attached hydrogens (tertiary/aromatic N) is 3. The van der Waals surface area contributed by atoms with Gasteiger partial charge in [-0.05, 0) is 75.0 Å². The summed E-state index contributed by atoms with van der Waals surface area (Å²) in [6.07, 6.45) is -4.00. The van der Waals surface area contributed by atoms with Gasteiger partial charge in [0.05, 0.1) is 29.1 Å². The Bertz CT molecular complexity index is 1870. The number of pyridine rings is 1. The maximum absolute atomic E-state index is 15.4. The lowest BCUT2D eigenvalue weighted by atomic mass is 9.99. The van der Waals surface area contributed by atoms with Crippen LogP contribution in [0, 0.1) is 5.82 Å². The summed E-state index contributed by atoms with van der Waals surface area (Å²) in [6, 6.07) is 19.4. The lowest BCUT2D eigenvalue weighted by Crippen LogP contribution is -2.55. The molecule has 13 heteroatoms. The smallest absolute Gasteiger partial charge is 0.417 e. The van der Waals surface area contributed by atoms with Crippen molar-refractivity contribution >= 4 is 37.0 Å². The Hall–Kier alpha value is -4.75. The Balaban J connectivity index is 1.51. The number of para-hydroxylation sites is 1. The van der Waals surface area contributed by atoms with Crippen LogP contribution in [0.15, 0.2) is 79.0 Å². The van der Waals surface area contributed by atoms with E-state index in [4.69, 9.17) is 4.74 Å². The molecule has 2 atom stereocenters. The minimum atomic E-state index is -4.87. The number of nitrogens with one attached hydrogen (secondary N) is 2. The summed E-state index contributed by atoms with van der Waals surface area (Å²) in [5.74, 6) is -2.32. The van der Waals surface area contributed by atoms with E-state index < -0.39 is 43.0 Å². The topological polar surface area (TPSA) is 86.8 Å². The van der Waals surface area contributed by atoms with Gasteiger partial charge in [0.25, 0.3) is 11.8 Å². The highest BCUT2D eigenvalue weighted by Crippen LogP contribution is 2.37. The molecule has 1 aliphatic rings. The van der Waals surface area contributed by atoms with E-state index in [0.717, 1.165) is 18.3 Å². The van der Waals surface area contributed by atoms with Crippen LogP contribution >= 0.6 is 0 Å². The second kappa shape index (κ2) is 15.2. The monoisotopic (exact) mass is 721 g/mol. The fourth-order valence-electron chi connectivity index (χ4n) is 5.88. The van der Waals surface area contributed by atoms with Crippen LogP contribution in [0.4, 0.5) is 34.6 Å². The van der Waals surface area contributed by atoms with E-state index in [2.05, 4.69) is 54.0 Å². The summed E-state index contributed by atoms with van der Waals surface area (Å²) in [5, 5.41) is 5.47. The molecule has 0 aliphatic carbocycles. The summed E-state index contributed by atoms with van der Waals surface area (Å²) in [7, 11) is 0.507. The Kier molecular flexibility index (Phi) is 11.2. The first-order chi connectivity index (χ1) is 24.0. The van der Waals surface area contributed by atoms with Gasteiger partial charge in [0.2, 0.25) is 5.88 Å². The van der Waals surface area contributed by atoms with Crippen molar-refractivity contribution in [2.75, 3.05) is 42.3 Å². The maximum Gasteiger partial charge on any atom is 0.417 e. The van der Waals surface area contributed by atoms with Crippen LogP contribution in [-0.2, 0) is 6.18 Å². The van der Waals surface area contributed by atoms with Crippen LogP contribution in [0.1, 0.15) is 40.1 Å². The standard InChI is InChI=1S/C38H43F4N5O3Si/c1-24-22-47(23-25(2)46(24)3)34-15-13-26(29-18-27(12-14-32(29)39)36(48)44-28-10-8-7-9-11-28)19-33(34)45-37(49)30-21-43-35(20-31(30)38(40,41)42)50-16-17-51(4,5)6/h7-15,18-21,24-25H,16-17,22-23H2,1-6H3,(H,44,48)(H,45,49)/t24-,25+. The van der Waals surface area contributed by atoms with Crippen LogP contribution in [-0.4, -0.2) is 68.6 Å². The number of anilines is 3. The number of carbonyl (C=O) groups is 2. The molecule has 0 spiro atoms. The largest absolute Gasteiger partial charge is 0.478 e. The second-order valence-corrected chi connectivity index (χ2v) is 19.8. The third-order valence-electron chi connectivity index (χ3n) is 9.05. The highest BCUT2D eigenvalue weighted by atomic mass is 28.3. The molecular weight excluding hydrogens is 679 g/mol. The number of carbonyl (C=O) groups excluding carboxylic acids is 2. The number of ether oxygens (including phenoxy) is 1. The molecule has 270 valence electrons. The number of hydrogen-bond donors (Lipinski definition) is 2. The van der Waals surface area contributed by atoms with Crippen molar-refractivity contribution in [2.24, 2.45) is 0 Å². The molecule has 4 aromatic rings. The summed E-state index contributed by atoms with van der Waals surface area (Å²) >= 11 is 0. The van der Waals surface area contributed by atoms with E-state index in [1.54, 1.807) is 36.4 Å². The van der Waals surface area contributed by atoms with E-state index in [0.29, 0.717) is 30.0 Å². The number of alkyl halides is 3. The molecule has 1 fully saturated rings. The van der Waals surface area contributed by atoms with Gasteiger partial charge in [0.1, 0.15) is 5.82 Å². The zero-order valence-electron chi connectivity index (χ0n) is 29.6. The Morgan fingerprint density at radius 1 is 0.922 bits per heavy atom. The number of amides is 2. The minimum Gasteiger partial charge on any atom is -0.478 e. The van der Waals surface area contributed by atoms with Gasteiger partial charge in [-0.3, -0.25) is 14.5 Å². The van der Waals surface area contributed by atoms with Gasteiger partial charge < -0.3 is 20.3 Å². The average Bonchev–Trinajstić information content (AvgIpc) is 3.06. The molecule has 2 N–H and O–H groups in total. The third-order valence-corrected chi connectivity index (χ3v) is 10.8. The van der Waals surface area contributed by atoms with Gasteiger partial charge in [-0.2, -0.15) is 13.2 Å². The second-order valence-electron chi connectivity index (χ2n) is 14.2. The van der Waals surface area contributed by atoms with Crippen molar-refractivity contribution in [1.82, 2.24) is 9.88 Å². The molecule has 2 heterocycles. The van der Waals surface area contributed by atoms with Crippen LogP contribution in [0.25, 0.3) is 11.1 Å². The van der Waals surface area contributed by atoms with Gasteiger partial charge in [0.15, 0.2) is 0 Å². The van der Waals surface area contributed by atoms with E-state index >= 15 is 4.39 Å². The molecule has 0 saturated carbocycles. The summed E-state index contributed by atoms with van der Waals surface area (Å²) in [5.41, 5.74) is 0.0420. The van der Waals surface area contributed by atoms with E-state index in [1.165, 1.54) is 24.3 Å². The lowest BCUT2D eigenvalue weighted by Gasteiger charge is -2.44. The zero-order valence-corrected chi connectivity index (χ0v) is 30.6. The van der Waals surface area contributed by atoms with Gasteiger partial charge in [-0.15, -0.1) is 0 Å². The number of rotatable bonds is 10. The molecule has 1 aromatic heterocycles. The molecule has 0 unspecified atom stereocenters. The average molecular weight is 722 g/mol. The summed E-state index contributed by atoms with van der Waals surface area (Å²) < 4.78 is 64.0. The van der Waals surface area contributed by atoms with Crippen molar-refractivity contribution in [1.29, 1.82) is 0 Å². The highest BCUT2D eigenvalue weighted by Gasteiger charge is 2.37. The SMILES string of the molecule is C[C@@H]1CN(c2ccc(-c3cc(C(=O)Nc4ccccc4)ccc3F)cc2NC(=O)c2cnc(OCC[Si](C)(C)C)cc2C(F)(F)F)C[C@H](C)N1C. The maximum atomic E-state index is 15.4. The van der Waals surface area contributed by atoms with Gasteiger partial charge >= 0.3 is 6.18 Å². The normalized spacial score (nSPS) is 16.9. The predicted molar refractivity (Wildman–Crippen MR) is 196 cm³/mol. The predicted octanol–water partition coefficient (Wildman–Crippen LogP) is 8.66.